The van der Waals surface area contributed by atoms with E-state index in [2.05, 4.69) is 5.32 Å². The number of carbonyl (C=O) groups is 1. The number of aliphatic hydroxyl groups is 1. The molecule has 0 spiro atoms. The van der Waals surface area contributed by atoms with Gasteiger partial charge in [-0.1, -0.05) is 30.3 Å². The highest BCUT2D eigenvalue weighted by Crippen LogP contribution is 2.32. The van der Waals surface area contributed by atoms with Crippen molar-refractivity contribution in [2.24, 2.45) is 0 Å². The molecule has 1 heterocycles. The molecule has 1 aliphatic rings. The molecule has 2 aromatic carbocycles. The summed E-state index contributed by atoms with van der Waals surface area (Å²) in [6.45, 7) is 0.576. The molecular weight excluding hydrogens is 282 g/mol. The van der Waals surface area contributed by atoms with Gasteiger partial charge in [0.1, 0.15) is 0 Å². The molecule has 5 heteroatoms. The van der Waals surface area contributed by atoms with Crippen LogP contribution in [0.2, 0.25) is 0 Å². The van der Waals surface area contributed by atoms with E-state index in [-0.39, 0.29) is 12.7 Å². The van der Waals surface area contributed by atoms with Crippen molar-refractivity contribution in [3.05, 3.63) is 59.7 Å². The molecule has 1 amide bonds. The van der Waals surface area contributed by atoms with Gasteiger partial charge in [-0.15, -0.1) is 0 Å². The number of fused-ring (bicyclic) bond motifs is 1. The number of rotatable bonds is 5. The van der Waals surface area contributed by atoms with E-state index in [1.807, 2.05) is 30.3 Å². The summed E-state index contributed by atoms with van der Waals surface area (Å²) in [5, 5.41) is 12.8. The lowest BCUT2D eigenvalue weighted by Gasteiger charge is -2.11. The van der Waals surface area contributed by atoms with Crippen molar-refractivity contribution in [1.29, 1.82) is 0 Å². The number of hydrogen-bond donors (Lipinski definition) is 2. The first-order chi connectivity index (χ1) is 10.7. The second kappa shape index (κ2) is 6.49. The Morgan fingerprint density at radius 2 is 1.91 bits per heavy atom. The summed E-state index contributed by atoms with van der Waals surface area (Å²) in [6.07, 6.45) is -0.126. The van der Waals surface area contributed by atoms with Crippen LogP contribution in [-0.2, 0) is 0 Å². The van der Waals surface area contributed by atoms with Crippen molar-refractivity contribution < 1.29 is 19.4 Å². The molecular formula is C17H17NO4. The topological polar surface area (TPSA) is 67.8 Å². The Hall–Kier alpha value is -2.53. The zero-order chi connectivity index (χ0) is 15.4. The molecule has 114 valence electrons. The van der Waals surface area contributed by atoms with Crippen LogP contribution >= 0.6 is 0 Å². The molecule has 3 rings (SSSR count). The highest BCUT2D eigenvalue weighted by molar-refractivity contribution is 5.94. The molecule has 0 saturated carbocycles. The van der Waals surface area contributed by atoms with E-state index in [9.17, 15) is 9.90 Å². The van der Waals surface area contributed by atoms with E-state index < -0.39 is 6.10 Å². The van der Waals surface area contributed by atoms with Crippen LogP contribution in [0.1, 0.15) is 28.4 Å². The highest BCUT2D eigenvalue weighted by Gasteiger charge is 2.16. The Morgan fingerprint density at radius 1 is 1.14 bits per heavy atom. The Balaban J connectivity index is 1.52. The van der Waals surface area contributed by atoms with E-state index in [4.69, 9.17) is 9.47 Å². The van der Waals surface area contributed by atoms with Gasteiger partial charge < -0.3 is 19.9 Å². The van der Waals surface area contributed by atoms with E-state index >= 15 is 0 Å². The maximum atomic E-state index is 12.1. The first-order valence-electron chi connectivity index (χ1n) is 7.15. The molecule has 0 aromatic heterocycles. The van der Waals surface area contributed by atoms with Crippen LogP contribution in [0.3, 0.4) is 0 Å². The fourth-order valence-electron chi connectivity index (χ4n) is 2.30. The molecule has 2 aromatic rings. The third kappa shape index (κ3) is 3.20. The molecule has 1 atom stereocenters. The third-order valence-electron chi connectivity index (χ3n) is 3.52. The van der Waals surface area contributed by atoms with Crippen molar-refractivity contribution >= 4 is 5.91 Å². The normalized spacial score (nSPS) is 13.7. The van der Waals surface area contributed by atoms with Crippen LogP contribution < -0.4 is 14.8 Å². The molecule has 22 heavy (non-hydrogen) atoms. The number of carbonyl (C=O) groups excluding carboxylic acids is 1. The average molecular weight is 299 g/mol. The lowest BCUT2D eigenvalue weighted by Crippen LogP contribution is -2.25. The van der Waals surface area contributed by atoms with E-state index in [0.717, 1.165) is 5.56 Å². The minimum Gasteiger partial charge on any atom is -0.454 e. The summed E-state index contributed by atoms with van der Waals surface area (Å²) < 4.78 is 10.5. The van der Waals surface area contributed by atoms with Gasteiger partial charge in [-0.2, -0.15) is 0 Å². The second-order valence-corrected chi connectivity index (χ2v) is 5.04. The molecule has 1 aliphatic heterocycles. The van der Waals surface area contributed by atoms with Crippen molar-refractivity contribution in [2.45, 2.75) is 12.5 Å². The first-order valence-corrected chi connectivity index (χ1v) is 7.15. The number of amides is 1. The largest absolute Gasteiger partial charge is 0.454 e. The predicted octanol–water partition coefficient (Wildman–Crippen LogP) is 2.27. The first kappa shape index (κ1) is 14.4. The minimum absolute atomic E-state index is 0.184. The fraction of sp³-hybridized carbons (Fsp3) is 0.235. The quantitative estimate of drug-likeness (QED) is 0.888. The van der Waals surface area contributed by atoms with Crippen LogP contribution in [-0.4, -0.2) is 24.4 Å². The molecule has 0 radical (unpaired) electrons. The average Bonchev–Trinajstić information content (AvgIpc) is 3.03. The SMILES string of the molecule is O=C(NCC[C@H](O)c1ccccc1)c1ccc2c(c1)OCO2. The molecule has 0 bridgehead atoms. The second-order valence-electron chi connectivity index (χ2n) is 5.04. The summed E-state index contributed by atoms with van der Waals surface area (Å²) in [4.78, 5) is 12.1. The maximum absolute atomic E-state index is 12.1. The van der Waals surface area contributed by atoms with E-state index in [1.54, 1.807) is 18.2 Å². The molecule has 0 fully saturated rings. The zero-order valence-corrected chi connectivity index (χ0v) is 12.0. The molecule has 0 saturated heterocycles. The Labute approximate surface area is 128 Å². The zero-order valence-electron chi connectivity index (χ0n) is 12.0. The molecule has 5 nitrogen and oxygen atoms in total. The van der Waals surface area contributed by atoms with Crippen molar-refractivity contribution in [3.8, 4) is 11.5 Å². The van der Waals surface area contributed by atoms with E-state index in [1.165, 1.54) is 0 Å². The monoisotopic (exact) mass is 299 g/mol. The number of benzene rings is 2. The summed E-state index contributed by atoms with van der Waals surface area (Å²) in [6, 6.07) is 14.5. The maximum Gasteiger partial charge on any atom is 0.251 e. The van der Waals surface area contributed by atoms with Crippen LogP contribution in [0.25, 0.3) is 0 Å². The van der Waals surface area contributed by atoms with Gasteiger partial charge in [0.2, 0.25) is 6.79 Å². The van der Waals surface area contributed by atoms with Crippen molar-refractivity contribution in [1.82, 2.24) is 5.32 Å². The van der Waals surface area contributed by atoms with Gasteiger partial charge in [0.25, 0.3) is 5.91 Å². The standard InChI is InChI=1S/C17H17NO4/c19-14(12-4-2-1-3-5-12)8-9-18-17(20)13-6-7-15-16(10-13)22-11-21-15/h1-7,10,14,19H,8-9,11H2,(H,18,20)/t14-/m0/s1. The van der Waals surface area contributed by atoms with Crippen LogP contribution in [0.15, 0.2) is 48.5 Å². The minimum atomic E-state index is -0.585. The molecule has 0 aliphatic carbocycles. The van der Waals surface area contributed by atoms with Gasteiger partial charge in [-0.25, -0.2) is 0 Å². The number of hydrogen-bond acceptors (Lipinski definition) is 4. The Kier molecular flexibility index (Phi) is 4.25. The summed E-state index contributed by atoms with van der Waals surface area (Å²) in [7, 11) is 0. The molecule has 0 unspecified atom stereocenters. The fourth-order valence-corrected chi connectivity index (χ4v) is 2.30. The van der Waals surface area contributed by atoms with Crippen LogP contribution in [0.4, 0.5) is 0 Å². The smallest absolute Gasteiger partial charge is 0.251 e. The van der Waals surface area contributed by atoms with Crippen LogP contribution in [0.5, 0.6) is 11.5 Å². The summed E-state index contributed by atoms with van der Waals surface area (Å²) in [5.41, 5.74) is 1.36. The van der Waals surface area contributed by atoms with Gasteiger partial charge in [0, 0.05) is 12.1 Å². The van der Waals surface area contributed by atoms with Gasteiger partial charge in [0.15, 0.2) is 11.5 Å². The van der Waals surface area contributed by atoms with Crippen LogP contribution in [0, 0.1) is 0 Å². The number of ether oxygens (including phenoxy) is 2. The number of aliphatic hydroxyl groups excluding tert-OH is 1. The number of nitrogens with one attached hydrogen (secondary N) is 1. The van der Waals surface area contributed by atoms with Gasteiger partial charge >= 0.3 is 0 Å². The summed E-state index contributed by atoms with van der Waals surface area (Å²) >= 11 is 0. The van der Waals surface area contributed by atoms with Gasteiger partial charge in [-0.05, 0) is 30.2 Å². The summed E-state index contributed by atoms with van der Waals surface area (Å²) in [5.74, 6) is 1.03. The van der Waals surface area contributed by atoms with Crippen molar-refractivity contribution in [3.63, 3.8) is 0 Å². The molecule has 2 N–H and O–H groups in total. The lowest BCUT2D eigenvalue weighted by molar-refractivity contribution is 0.0942. The lowest BCUT2D eigenvalue weighted by atomic mass is 10.1. The van der Waals surface area contributed by atoms with Gasteiger partial charge in [-0.3, -0.25) is 4.79 Å². The van der Waals surface area contributed by atoms with E-state index in [0.29, 0.717) is 30.0 Å². The Morgan fingerprint density at radius 3 is 2.73 bits per heavy atom. The Bertz CT molecular complexity index is 657. The highest BCUT2D eigenvalue weighted by atomic mass is 16.7. The third-order valence-corrected chi connectivity index (χ3v) is 3.52. The predicted molar refractivity (Wildman–Crippen MR) is 80.9 cm³/mol. The van der Waals surface area contributed by atoms with Gasteiger partial charge in [0.05, 0.1) is 6.10 Å². The van der Waals surface area contributed by atoms with Crippen molar-refractivity contribution in [2.75, 3.05) is 13.3 Å².